The fraction of sp³-hybridized carbons (Fsp3) is 0.316. The van der Waals surface area contributed by atoms with Gasteiger partial charge in [0.25, 0.3) is 0 Å². The van der Waals surface area contributed by atoms with Crippen molar-refractivity contribution in [2.24, 2.45) is 0 Å². The van der Waals surface area contributed by atoms with Gasteiger partial charge in [0.1, 0.15) is 0 Å². The smallest absolute Gasteiger partial charge is 0.193 e. The number of rotatable bonds is 2. The number of benzene rings is 2. The summed E-state index contributed by atoms with van der Waals surface area (Å²) in [7, 11) is 0. The van der Waals surface area contributed by atoms with Crippen molar-refractivity contribution in [1.82, 2.24) is 0 Å². The first-order chi connectivity index (χ1) is 9.88. The highest BCUT2D eigenvalue weighted by molar-refractivity contribution is 6.08. The maximum Gasteiger partial charge on any atom is 0.193 e. The standard InChI is InChI=1S/C13H10O.C6H12/c14-13(11-7-3-1-4-8-11)12-9-5-2-6-10-12;1-2-4-6-5-3-1/h1-10H;1-6H2. The summed E-state index contributed by atoms with van der Waals surface area (Å²) in [6.45, 7) is 0. The molecule has 0 atom stereocenters. The molecule has 104 valence electrons. The van der Waals surface area contributed by atoms with Gasteiger partial charge in [-0.05, 0) is 0 Å². The van der Waals surface area contributed by atoms with Gasteiger partial charge in [0.05, 0.1) is 0 Å². The molecule has 2 aromatic carbocycles. The van der Waals surface area contributed by atoms with Crippen molar-refractivity contribution in [3.8, 4) is 0 Å². The van der Waals surface area contributed by atoms with Crippen LogP contribution in [0, 0.1) is 0 Å². The van der Waals surface area contributed by atoms with E-state index in [9.17, 15) is 4.79 Å². The van der Waals surface area contributed by atoms with Gasteiger partial charge >= 0.3 is 0 Å². The molecule has 3 rings (SSSR count). The molecular formula is C19H22O. The molecule has 0 N–H and O–H groups in total. The van der Waals surface area contributed by atoms with Crippen molar-refractivity contribution >= 4 is 5.78 Å². The first-order valence-corrected chi connectivity index (χ1v) is 7.53. The molecule has 0 bridgehead atoms. The normalized spacial score (nSPS) is 14.0. The fourth-order valence-corrected chi connectivity index (χ4v) is 2.41. The van der Waals surface area contributed by atoms with Crippen LogP contribution in [0.1, 0.15) is 54.4 Å². The van der Waals surface area contributed by atoms with E-state index in [-0.39, 0.29) is 5.78 Å². The molecule has 0 aromatic heterocycles. The maximum atomic E-state index is 11.8. The van der Waals surface area contributed by atoms with E-state index in [1.165, 1.54) is 38.5 Å². The Bertz CT molecular complexity index is 445. The minimum atomic E-state index is 0.0752. The van der Waals surface area contributed by atoms with Crippen LogP contribution in [0.4, 0.5) is 0 Å². The van der Waals surface area contributed by atoms with Crippen LogP contribution in [-0.2, 0) is 0 Å². The monoisotopic (exact) mass is 266 g/mol. The Kier molecular flexibility index (Phi) is 6.04. The molecule has 1 aliphatic rings. The second-order valence-electron chi connectivity index (χ2n) is 5.18. The molecular weight excluding hydrogens is 244 g/mol. The Hall–Kier alpha value is -1.89. The molecule has 1 fully saturated rings. The lowest BCUT2D eigenvalue weighted by atomic mass is 10.0. The van der Waals surface area contributed by atoms with E-state index in [1.807, 2.05) is 60.7 Å². The Morgan fingerprint density at radius 1 is 0.550 bits per heavy atom. The van der Waals surface area contributed by atoms with E-state index in [0.717, 1.165) is 11.1 Å². The molecule has 0 saturated heterocycles. The largest absolute Gasteiger partial charge is 0.289 e. The van der Waals surface area contributed by atoms with Gasteiger partial charge in [0.2, 0.25) is 0 Å². The summed E-state index contributed by atoms with van der Waals surface area (Å²) in [4.78, 5) is 11.8. The summed E-state index contributed by atoms with van der Waals surface area (Å²) in [5, 5.41) is 0. The van der Waals surface area contributed by atoms with Gasteiger partial charge in [-0.25, -0.2) is 0 Å². The van der Waals surface area contributed by atoms with Crippen LogP contribution in [0.25, 0.3) is 0 Å². The third kappa shape index (κ3) is 4.65. The molecule has 0 unspecified atom stereocenters. The minimum Gasteiger partial charge on any atom is -0.289 e. The summed E-state index contributed by atoms with van der Waals surface area (Å²) in [5.41, 5.74) is 1.47. The predicted molar refractivity (Wildman–Crippen MR) is 84.0 cm³/mol. The second kappa shape index (κ2) is 8.31. The van der Waals surface area contributed by atoms with Crippen LogP contribution in [0.2, 0.25) is 0 Å². The lowest BCUT2D eigenvalue weighted by molar-refractivity contribution is 0.103. The van der Waals surface area contributed by atoms with Gasteiger partial charge in [-0.2, -0.15) is 0 Å². The third-order valence-corrected chi connectivity index (χ3v) is 3.57. The average Bonchev–Trinajstić information content (AvgIpc) is 2.58. The highest BCUT2D eigenvalue weighted by atomic mass is 16.1. The molecule has 0 amide bonds. The number of carbonyl (C=O) groups is 1. The predicted octanol–water partition coefficient (Wildman–Crippen LogP) is 5.26. The average molecular weight is 266 g/mol. The number of hydrogen-bond donors (Lipinski definition) is 0. The van der Waals surface area contributed by atoms with Crippen LogP contribution < -0.4 is 0 Å². The summed E-state index contributed by atoms with van der Waals surface area (Å²) in [5.74, 6) is 0.0752. The van der Waals surface area contributed by atoms with E-state index in [2.05, 4.69) is 0 Å². The van der Waals surface area contributed by atoms with Gasteiger partial charge < -0.3 is 0 Å². The first kappa shape index (κ1) is 14.5. The maximum absolute atomic E-state index is 11.8. The summed E-state index contributed by atoms with van der Waals surface area (Å²) in [6.07, 6.45) is 9.00. The first-order valence-electron chi connectivity index (χ1n) is 7.53. The third-order valence-electron chi connectivity index (χ3n) is 3.57. The van der Waals surface area contributed by atoms with Crippen molar-refractivity contribution in [2.45, 2.75) is 38.5 Å². The zero-order valence-electron chi connectivity index (χ0n) is 11.9. The number of hydrogen-bond acceptors (Lipinski definition) is 1. The highest BCUT2D eigenvalue weighted by Crippen LogP contribution is 2.15. The van der Waals surface area contributed by atoms with Crippen LogP contribution in [0.15, 0.2) is 60.7 Å². The summed E-state index contributed by atoms with van der Waals surface area (Å²) < 4.78 is 0. The van der Waals surface area contributed by atoms with Crippen LogP contribution in [-0.4, -0.2) is 5.78 Å². The molecule has 1 nitrogen and oxygen atoms in total. The van der Waals surface area contributed by atoms with Crippen molar-refractivity contribution in [3.63, 3.8) is 0 Å². The van der Waals surface area contributed by atoms with Crippen molar-refractivity contribution in [1.29, 1.82) is 0 Å². The van der Waals surface area contributed by atoms with E-state index >= 15 is 0 Å². The molecule has 20 heavy (non-hydrogen) atoms. The van der Waals surface area contributed by atoms with E-state index in [0.29, 0.717) is 0 Å². The van der Waals surface area contributed by atoms with Gasteiger partial charge in [-0.3, -0.25) is 4.79 Å². The van der Waals surface area contributed by atoms with Gasteiger partial charge in [-0.15, -0.1) is 0 Å². The molecule has 1 heteroatoms. The van der Waals surface area contributed by atoms with Gasteiger partial charge in [0.15, 0.2) is 5.78 Å². The zero-order chi connectivity index (χ0) is 14.0. The minimum absolute atomic E-state index is 0.0752. The van der Waals surface area contributed by atoms with Crippen LogP contribution in [0.5, 0.6) is 0 Å². The van der Waals surface area contributed by atoms with Crippen molar-refractivity contribution in [2.75, 3.05) is 0 Å². The molecule has 1 aliphatic carbocycles. The van der Waals surface area contributed by atoms with Crippen LogP contribution in [0.3, 0.4) is 0 Å². The van der Waals surface area contributed by atoms with Crippen molar-refractivity contribution < 1.29 is 4.79 Å². The van der Waals surface area contributed by atoms with E-state index < -0.39 is 0 Å². The van der Waals surface area contributed by atoms with E-state index in [1.54, 1.807) is 0 Å². The molecule has 2 aromatic rings. The summed E-state index contributed by atoms with van der Waals surface area (Å²) >= 11 is 0. The SMILES string of the molecule is C1CCCCC1.O=C(c1ccccc1)c1ccccc1. The Morgan fingerprint density at radius 2 is 0.850 bits per heavy atom. The topological polar surface area (TPSA) is 17.1 Å². The van der Waals surface area contributed by atoms with Gasteiger partial charge in [0, 0.05) is 11.1 Å². The lowest BCUT2D eigenvalue weighted by Gasteiger charge is -2.05. The molecule has 0 aliphatic heterocycles. The van der Waals surface area contributed by atoms with Gasteiger partial charge in [-0.1, -0.05) is 99.2 Å². The Labute approximate surface area is 121 Å². The van der Waals surface area contributed by atoms with Crippen LogP contribution >= 0.6 is 0 Å². The fourth-order valence-electron chi connectivity index (χ4n) is 2.41. The zero-order valence-corrected chi connectivity index (χ0v) is 11.9. The quantitative estimate of drug-likeness (QED) is 0.678. The second-order valence-corrected chi connectivity index (χ2v) is 5.18. The van der Waals surface area contributed by atoms with Crippen molar-refractivity contribution in [3.05, 3.63) is 71.8 Å². The molecule has 0 radical (unpaired) electrons. The number of ketones is 1. The molecule has 0 spiro atoms. The Morgan fingerprint density at radius 3 is 1.15 bits per heavy atom. The lowest BCUT2D eigenvalue weighted by Crippen LogP contribution is -1.99. The summed E-state index contributed by atoms with van der Waals surface area (Å²) in [6, 6.07) is 18.6. The molecule has 1 saturated carbocycles. The molecule has 0 heterocycles. The number of carbonyl (C=O) groups excluding carboxylic acids is 1. The van der Waals surface area contributed by atoms with E-state index in [4.69, 9.17) is 0 Å². The Balaban J connectivity index is 0.000000205. The highest BCUT2D eigenvalue weighted by Gasteiger charge is 2.06.